The first-order chi connectivity index (χ1) is 11.8. The Morgan fingerprint density at radius 2 is 1.96 bits per heavy atom. The maximum absolute atomic E-state index is 13.0. The van der Waals surface area contributed by atoms with Crippen molar-refractivity contribution in [2.24, 2.45) is 11.7 Å². The van der Waals surface area contributed by atoms with Gasteiger partial charge in [0.15, 0.2) is 0 Å². The molecule has 9 heteroatoms. The summed E-state index contributed by atoms with van der Waals surface area (Å²) in [6, 6.07) is 4.30. The number of rotatable bonds is 6. The molecule has 1 saturated heterocycles. The number of carbonyl (C=O) groups is 2. The summed E-state index contributed by atoms with van der Waals surface area (Å²) in [6.07, 6.45) is 0.764. The molecule has 0 radical (unpaired) electrons. The van der Waals surface area contributed by atoms with Gasteiger partial charge in [-0.05, 0) is 38.0 Å². The molecule has 0 saturated carbocycles. The van der Waals surface area contributed by atoms with Gasteiger partial charge in [0.05, 0.1) is 7.11 Å². The van der Waals surface area contributed by atoms with Crippen LogP contribution in [0.1, 0.15) is 30.1 Å². The lowest BCUT2D eigenvalue weighted by molar-refractivity contribution is -0.122. The molecule has 25 heavy (non-hydrogen) atoms. The standard InChI is InChI=1S/C16H23N3O5S/c1-3-18-16(21)12-4-5-13(24-2)14(10-12)25(22,23)19-8-6-11(7-9-19)15(17)20/h4-5,10-11H,3,6-9H2,1-2H3,(H2,17,20)(H,18,21). The van der Waals surface area contributed by atoms with Crippen LogP contribution in [0.25, 0.3) is 0 Å². The van der Waals surface area contributed by atoms with Crippen LogP contribution in [-0.4, -0.2) is 51.3 Å². The van der Waals surface area contributed by atoms with Gasteiger partial charge in [-0.1, -0.05) is 0 Å². The topological polar surface area (TPSA) is 119 Å². The highest BCUT2D eigenvalue weighted by Crippen LogP contribution is 2.30. The van der Waals surface area contributed by atoms with Gasteiger partial charge in [-0.3, -0.25) is 9.59 Å². The minimum atomic E-state index is -3.85. The Bertz CT molecular complexity index is 755. The number of hydrogen-bond donors (Lipinski definition) is 2. The van der Waals surface area contributed by atoms with Crippen molar-refractivity contribution in [3.05, 3.63) is 23.8 Å². The van der Waals surface area contributed by atoms with Gasteiger partial charge in [0.1, 0.15) is 10.6 Å². The third-order valence-electron chi connectivity index (χ3n) is 4.24. The maximum atomic E-state index is 13.0. The molecule has 0 spiro atoms. The fourth-order valence-electron chi connectivity index (χ4n) is 2.80. The number of sulfonamides is 1. The van der Waals surface area contributed by atoms with E-state index in [4.69, 9.17) is 10.5 Å². The normalized spacial score (nSPS) is 16.4. The molecule has 2 amide bonds. The van der Waals surface area contributed by atoms with E-state index in [9.17, 15) is 18.0 Å². The number of benzene rings is 1. The molecule has 1 aromatic carbocycles. The van der Waals surface area contributed by atoms with Crippen molar-refractivity contribution in [3.8, 4) is 5.75 Å². The molecule has 0 atom stereocenters. The third-order valence-corrected chi connectivity index (χ3v) is 6.16. The van der Waals surface area contributed by atoms with E-state index in [1.807, 2.05) is 0 Å². The number of amides is 2. The fraction of sp³-hybridized carbons (Fsp3) is 0.500. The molecule has 8 nitrogen and oxygen atoms in total. The predicted octanol–water partition coefficient (Wildman–Crippen LogP) is 0.331. The molecule has 0 aliphatic carbocycles. The fourth-order valence-corrected chi connectivity index (χ4v) is 4.45. The quantitative estimate of drug-likeness (QED) is 0.749. The lowest BCUT2D eigenvalue weighted by atomic mass is 9.98. The van der Waals surface area contributed by atoms with Gasteiger partial charge in [-0.15, -0.1) is 0 Å². The second-order valence-electron chi connectivity index (χ2n) is 5.81. The van der Waals surface area contributed by atoms with E-state index >= 15 is 0 Å². The van der Waals surface area contributed by atoms with Gasteiger partial charge in [0.25, 0.3) is 5.91 Å². The SMILES string of the molecule is CCNC(=O)c1ccc(OC)c(S(=O)(=O)N2CCC(C(N)=O)CC2)c1. The number of piperidine rings is 1. The van der Waals surface area contributed by atoms with E-state index in [2.05, 4.69) is 5.32 Å². The predicted molar refractivity (Wildman–Crippen MR) is 91.7 cm³/mol. The van der Waals surface area contributed by atoms with Crippen LogP contribution in [0.4, 0.5) is 0 Å². The molecule has 1 heterocycles. The second kappa shape index (κ2) is 7.83. The highest BCUT2D eigenvalue weighted by molar-refractivity contribution is 7.89. The first-order valence-corrected chi connectivity index (χ1v) is 9.51. The molecule has 0 bridgehead atoms. The summed E-state index contributed by atoms with van der Waals surface area (Å²) in [5, 5.41) is 2.64. The van der Waals surface area contributed by atoms with E-state index in [0.29, 0.717) is 19.4 Å². The van der Waals surface area contributed by atoms with Gasteiger partial charge in [0.2, 0.25) is 15.9 Å². The molecule has 138 valence electrons. The van der Waals surface area contributed by atoms with Crippen molar-refractivity contribution in [1.29, 1.82) is 0 Å². The molecule has 1 aromatic rings. The van der Waals surface area contributed by atoms with Crippen molar-refractivity contribution < 1.29 is 22.7 Å². The Morgan fingerprint density at radius 1 is 1.32 bits per heavy atom. The van der Waals surface area contributed by atoms with Gasteiger partial charge < -0.3 is 15.8 Å². The average Bonchev–Trinajstić information content (AvgIpc) is 2.61. The third kappa shape index (κ3) is 4.10. The number of nitrogens with two attached hydrogens (primary N) is 1. The van der Waals surface area contributed by atoms with Gasteiger partial charge in [-0.25, -0.2) is 8.42 Å². The first kappa shape index (κ1) is 19.2. The zero-order chi connectivity index (χ0) is 18.6. The molecule has 3 N–H and O–H groups in total. The molecule has 1 aliphatic heterocycles. The minimum absolute atomic E-state index is 0.0590. The van der Waals surface area contributed by atoms with Crippen molar-refractivity contribution in [1.82, 2.24) is 9.62 Å². The lowest BCUT2D eigenvalue weighted by Crippen LogP contribution is -2.41. The molecule has 0 unspecified atom stereocenters. The van der Waals surface area contributed by atoms with E-state index in [1.165, 1.54) is 29.6 Å². The second-order valence-corrected chi connectivity index (χ2v) is 7.71. The Labute approximate surface area is 147 Å². The van der Waals surface area contributed by atoms with E-state index in [-0.39, 0.29) is 41.1 Å². The summed E-state index contributed by atoms with van der Waals surface area (Å²) in [7, 11) is -2.47. The van der Waals surface area contributed by atoms with Crippen molar-refractivity contribution in [3.63, 3.8) is 0 Å². The summed E-state index contributed by atoms with van der Waals surface area (Å²) in [6.45, 7) is 2.62. The van der Waals surface area contributed by atoms with Crippen LogP contribution >= 0.6 is 0 Å². The number of hydrogen-bond acceptors (Lipinski definition) is 5. The lowest BCUT2D eigenvalue weighted by Gasteiger charge is -2.30. The van der Waals surface area contributed by atoms with E-state index < -0.39 is 15.9 Å². The number of nitrogens with one attached hydrogen (secondary N) is 1. The average molecular weight is 369 g/mol. The molecule has 1 aliphatic rings. The highest BCUT2D eigenvalue weighted by Gasteiger charge is 2.33. The van der Waals surface area contributed by atoms with Crippen LogP contribution in [0, 0.1) is 5.92 Å². The van der Waals surface area contributed by atoms with Crippen LogP contribution in [0.5, 0.6) is 5.75 Å². The zero-order valence-electron chi connectivity index (χ0n) is 14.3. The van der Waals surface area contributed by atoms with Crippen LogP contribution in [0.2, 0.25) is 0 Å². The first-order valence-electron chi connectivity index (χ1n) is 8.07. The van der Waals surface area contributed by atoms with E-state index in [1.54, 1.807) is 6.92 Å². The molecule has 2 rings (SSSR count). The van der Waals surface area contributed by atoms with Gasteiger partial charge in [0, 0.05) is 31.1 Å². The van der Waals surface area contributed by atoms with Gasteiger partial charge >= 0.3 is 0 Å². The minimum Gasteiger partial charge on any atom is -0.495 e. The molecule has 1 fully saturated rings. The van der Waals surface area contributed by atoms with Crippen LogP contribution in [0.3, 0.4) is 0 Å². The Morgan fingerprint density at radius 3 is 2.48 bits per heavy atom. The number of primary amides is 1. The molecule has 0 aromatic heterocycles. The van der Waals surface area contributed by atoms with Crippen molar-refractivity contribution in [2.75, 3.05) is 26.7 Å². The summed E-state index contributed by atoms with van der Waals surface area (Å²) >= 11 is 0. The zero-order valence-corrected chi connectivity index (χ0v) is 15.1. The van der Waals surface area contributed by atoms with Crippen molar-refractivity contribution >= 4 is 21.8 Å². The van der Waals surface area contributed by atoms with Crippen LogP contribution in [0.15, 0.2) is 23.1 Å². The number of nitrogens with zero attached hydrogens (tertiary/aromatic N) is 1. The Hall–Kier alpha value is -2.13. The smallest absolute Gasteiger partial charge is 0.251 e. The molecular formula is C16H23N3O5S. The Kier molecular flexibility index (Phi) is 6.02. The number of ether oxygens (including phenoxy) is 1. The van der Waals surface area contributed by atoms with Crippen LogP contribution < -0.4 is 15.8 Å². The summed E-state index contributed by atoms with van der Waals surface area (Å²) in [5.41, 5.74) is 5.53. The summed E-state index contributed by atoms with van der Waals surface area (Å²) < 4.78 is 32.4. The summed E-state index contributed by atoms with van der Waals surface area (Å²) in [4.78, 5) is 23.2. The summed E-state index contributed by atoms with van der Waals surface area (Å²) in [5.74, 6) is -0.901. The largest absolute Gasteiger partial charge is 0.495 e. The Balaban J connectivity index is 2.33. The number of carbonyl (C=O) groups excluding carboxylic acids is 2. The highest BCUT2D eigenvalue weighted by atomic mass is 32.2. The monoisotopic (exact) mass is 369 g/mol. The van der Waals surface area contributed by atoms with Crippen molar-refractivity contribution in [2.45, 2.75) is 24.7 Å². The number of methoxy groups -OCH3 is 1. The van der Waals surface area contributed by atoms with Crippen LogP contribution in [-0.2, 0) is 14.8 Å². The van der Waals surface area contributed by atoms with E-state index in [0.717, 1.165) is 0 Å². The molecular weight excluding hydrogens is 346 g/mol. The maximum Gasteiger partial charge on any atom is 0.251 e. The van der Waals surface area contributed by atoms with Gasteiger partial charge in [-0.2, -0.15) is 4.31 Å².